The van der Waals surface area contributed by atoms with Crippen molar-refractivity contribution in [1.29, 1.82) is 0 Å². The molecule has 0 saturated carbocycles. The Balaban J connectivity index is 0.00000117. The molecule has 0 spiro atoms. The molecule has 2 heterocycles. The molecule has 0 aliphatic carbocycles. The average Bonchev–Trinajstić information content (AvgIpc) is 2.74. The van der Waals surface area contributed by atoms with E-state index >= 15 is 0 Å². The SMILES string of the molecule is CC.Oc1cccc(-c2cnc3c(c2)CC(c2cccc(C(F)(F)F)c2)=CN3)c1. The summed E-state index contributed by atoms with van der Waals surface area (Å²) in [5.74, 6) is 0.836. The van der Waals surface area contributed by atoms with E-state index in [1.165, 1.54) is 6.07 Å². The lowest BCUT2D eigenvalue weighted by atomic mass is 9.94. The summed E-state index contributed by atoms with van der Waals surface area (Å²) >= 11 is 0. The topological polar surface area (TPSA) is 45.2 Å². The third kappa shape index (κ3) is 4.59. The molecule has 0 amide bonds. The van der Waals surface area contributed by atoms with E-state index in [9.17, 15) is 18.3 Å². The van der Waals surface area contributed by atoms with E-state index in [1.54, 1.807) is 36.7 Å². The number of halogens is 3. The van der Waals surface area contributed by atoms with Gasteiger partial charge in [0.15, 0.2) is 0 Å². The largest absolute Gasteiger partial charge is 0.508 e. The molecule has 0 fully saturated rings. The first kappa shape index (κ1) is 20.5. The molecule has 6 heteroatoms. The van der Waals surface area contributed by atoms with Crippen molar-refractivity contribution < 1.29 is 18.3 Å². The first-order chi connectivity index (χ1) is 13.9. The second kappa shape index (κ2) is 8.39. The summed E-state index contributed by atoms with van der Waals surface area (Å²) in [7, 11) is 0. The van der Waals surface area contributed by atoms with Crippen LogP contribution in [0.15, 0.2) is 67.0 Å². The third-order valence-electron chi connectivity index (χ3n) is 4.47. The van der Waals surface area contributed by atoms with Crippen LogP contribution in [0, 0.1) is 0 Å². The highest BCUT2D eigenvalue weighted by Crippen LogP contribution is 2.34. The summed E-state index contributed by atoms with van der Waals surface area (Å²) in [5, 5.41) is 12.7. The van der Waals surface area contributed by atoms with Gasteiger partial charge in [0.05, 0.1) is 5.56 Å². The summed E-state index contributed by atoms with van der Waals surface area (Å²) in [6.45, 7) is 4.00. The van der Waals surface area contributed by atoms with E-state index in [2.05, 4.69) is 10.3 Å². The number of rotatable bonds is 2. The molecule has 150 valence electrons. The smallest absolute Gasteiger partial charge is 0.416 e. The molecule has 1 aliphatic heterocycles. The minimum Gasteiger partial charge on any atom is -0.508 e. The summed E-state index contributed by atoms with van der Waals surface area (Å²) < 4.78 is 38.9. The molecule has 0 atom stereocenters. The number of allylic oxidation sites excluding steroid dienone is 1. The van der Waals surface area contributed by atoms with Gasteiger partial charge in [0, 0.05) is 24.4 Å². The fourth-order valence-corrected chi connectivity index (χ4v) is 3.11. The third-order valence-corrected chi connectivity index (χ3v) is 4.47. The molecule has 2 aromatic carbocycles. The van der Waals surface area contributed by atoms with Crippen LogP contribution in [0.4, 0.5) is 19.0 Å². The fourth-order valence-electron chi connectivity index (χ4n) is 3.11. The molecule has 4 rings (SSSR count). The van der Waals surface area contributed by atoms with E-state index in [1.807, 2.05) is 26.0 Å². The number of phenolic OH excluding ortho intramolecular Hbond substituents is 1. The van der Waals surface area contributed by atoms with Crippen LogP contribution in [0.3, 0.4) is 0 Å². The standard InChI is InChI=1S/C21H15F3N2O.C2H6/c22-21(23,24)18-5-1-3-13(9-18)16-7-15-8-17(12-26-20(15)25-11-16)14-4-2-6-19(27)10-14;1-2/h1-6,8-12,27H,7H2,(H,25,26);1-2H3. The summed E-state index contributed by atoms with van der Waals surface area (Å²) in [4.78, 5) is 4.39. The zero-order valence-corrected chi connectivity index (χ0v) is 16.1. The highest BCUT2D eigenvalue weighted by molar-refractivity contribution is 5.77. The van der Waals surface area contributed by atoms with Crippen molar-refractivity contribution in [2.45, 2.75) is 26.4 Å². The molecule has 0 bridgehead atoms. The number of aromatic nitrogens is 1. The zero-order chi connectivity index (χ0) is 21.0. The Morgan fingerprint density at radius 1 is 0.931 bits per heavy atom. The summed E-state index contributed by atoms with van der Waals surface area (Å²) in [6, 6.07) is 14.1. The molecule has 1 aliphatic rings. The van der Waals surface area contributed by atoms with E-state index < -0.39 is 11.7 Å². The molecule has 1 aromatic heterocycles. The lowest BCUT2D eigenvalue weighted by molar-refractivity contribution is -0.137. The first-order valence-electron chi connectivity index (χ1n) is 9.32. The average molecular weight is 398 g/mol. The molecule has 3 nitrogen and oxygen atoms in total. The molecule has 0 radical (unpaired) electrons. The van der Waals surface area contributed by atoms with Crippen LogP contribution < -0.4 is 5.32 Å². The lowest BCUT2D eigenvalue weighted by Crippen LogP contribution is -2.09. The summed E-state index contributed by atoms with van der Waals surface area (Å²) in [6.07, 6.45) is -0.521. The van der Waals surface area contributed by atoms with Gasteiger partial charge in [-0.15, -0.1) is 0 Å². The summed E-state index contributed by atoms with van der Waals surface area (Å²) in [5.41, 5.74) is 3.13. The number of benzene rings is 2. The minimum atomic E-state index is -4.37. The van der Waals surface area contributed by atoms with Crippen molar-refractivity contribution in [2.75, 3.05) is 5.32 Å². The van der Waals surface area contributed by atoms with Crippen LogP contribution in [0.5, 0.6) is 5.75 Å². The van der Waals surface area contributed by atoms with Crippen molar-refractivity contribution >= 4 is 11.4 Å². The highest BCUT2D eigenvalue weighted by Gasteiger charge is 2.30. The van der Waals surface area contributed by atoms with Crippen LogP contribution in [0.1, 0.15) is 30.5 Å². The molecule has 3 aromatic rings. The van der Waals surface area contributed by atoms with Gasteiger partial charge in [-0.25, -0.2) is 4.98 Å². The van der Waals surface area contributed by atoms with Gasteiger partial charge < -0.3 is 10.4 Å². The number of hydrogen-bond acceptors (Lipinski definition) is 3. The Kier molecular flexibility index (Phi) is 5.92. The van der Waals surface area contributed by atoms with Gasteiger partial charge in [0.2, 0.25) is 0 Å². The lowest BCUT2D eigenvalue weighted by Gasteiger charge is -2.19. The molecule has 0 saturated heterocycles. The predicted molar refractivity (Wildman–Crippen MR) is 109 cm³/mol. The van der Waals surface area contributed by atoms with Crippen molar-refractivity contribution in [3.63, 3.8) is 0 Å². The van der Waals surface area contributed by atoms with Crippen molar-refractivity contribution in [3.05, 3.63) is 83.7 Å². The normalized spacial score (nSPS) is 12.8. The van der Waals surface area contributed by atoms with Gasteiger partial charge in [-0.3, -0.25) is 0 Å². The number of hydrogen-bond donors (Lipinski definition) is 2. The van der Waals surface area contributed by atoms with Crippen LogP contribution in [0.2, 0.25) is 0 Å². The highest BCUT2D eigenvalue weighted by atomic mass is 19.4. The maximum absolute atomic E-state index is 13.0. The van der Waals surface area contributed by atoms with Crippen molar-refractivity contribution in [1.82, 2.24) is 4.98 Å². The quantitative estimate of drug-likeness (QED) is 0.517. The van der Waals surface area contributed by atoms with E-state index in [0.29, 0.717) is 17.8 Å². The van der Waals surface area contributed by atoms with Crippen LogP contribution in [-0.2, 0) is 12.6 Å². The van der Waals surface area contributed by atoms with Gasteiger partial charge in [-0.2, -0.15) is 13.2 Å². The number of nitrogens with one attached hydrogen (secondary N) is 1. The molecular formula is C23H21F3N2O. The second-order valence-electron chi connectivity index (χ2n) is 6.35. The minimum absolute atomic E-state index is 0.160. The Labute approximate surface area is 167 Å². The van der Waals surface area contributed by atoms with Gasteiger partial charge in [-0.05, 0) is 52.6 Å². The zero-order valence-electron chi connectivity index (χ0n) is 16.1. The number of anilines is 1. The molecule has 2 N–H and O–H groups in total. The van der Waals surface area contributed by atoms with Crippen LogP contribution in [-0.4, -0.2) is 10.1 Å². The van der Waals surface area contributed by atoms with Crippen LogP contribution >= 0.6 is 0 Å². The van der Waals surface area contributed by atoms with Gasteiger partial charge in [0.25, 0.3) is 0 Å². The Morgan fingerprint density at radius 3 is 2.38 bits per heavy atom. The van der Waals surface area contributed by atoms with Crippen LogP contribution in [0.25, 0.3) is 16.7 Å². The van der Waals surface area contributed by atoms with E-state index in [-0.39, 0.29) is 5.75 Å². The molecular weight excluding hydrogens is 377 g/mol. The second-order valence-corrected chi connectivity index (χ2v) is 6.35. The van der Waals surface area contributed by atoms with E-state index in [4.69, 9.17) is 0 Å². The molecule has 0 unspecified atom stereocenters. The van der Waals surface area contributed by atoms with Gasteiger partial charge in [0.1, 0.15) is 11.6 Å². The number of fused-ring (bicyclic) bond motifs is 1. The fraction of sp³-hybridized carbons (Fsp3) is 0.174. The first-order valence-corrected chi connectivity index (χ1v) is 9.32. The number of pyridine rings is 1. The van der Waals surface area contributed by atoms with Crippen molar-refractivity contribution in [3.8, 4) is 16.9 Å². The number of aromatic hydroxyl groups is 1. The number of phenols is 1. The van der Waals surface area contributed by atoms with Gasteiger partial charge >= 0.3 is 6.18 Å². The number of nitrogens with zero attached hydrogens (tertiary/aromatic N) is 1. The monoisotopic (exact) mass is 398 g/mol. The Bertz CT molecular complexity index is 1040. The Morgan fingerprint density at radius 2 is 1.66 bits per heavy atom. The van der Waals surface area contributed by atoms with E-state index in [0.717, 1.165) is 34.4 Å². The molecule has 29 heavy (non-hydrogen) atoms. The predicted octanol–water partition coefficient (Wildman–Crippen LogP) is 6.51. The van der Waals surface area contributed by atoms with Gasteiger partial charge in [-0.1, -0.05) is 38.1 Å². The maximum Gasteiger partial charge on any atom is 0.416 e. The van der Waals surface area contributed by atoms with Crippen molar-refractivity contribution in [2.24, 2.45) is 0 Å². The maximum atomic E-state index is 13.0. The Hall–Kier alpha value is -3.28. The number of alkyl halides is 3.